The molecule has 1 aliphatic heterocycles. The highest BCUT2D eigenvalue weighted by Crippen LogP contribution is 2.28. The Morgan fingerprint density at radius 1 is 1.12 bits per heavy atom. The van der Waals surface area contributed by atoms with Crippen LogP contribution in [0.25, 0.3) is 0 Å². The first-order valence-electron chi connectivity index (χ1n) is 8.36. The second-order valence-corrected chi connectivity index (χ2v) is 8.50. The number of carbonyl (C=O) groups is 2. The van der Waals surface area contributed by atoms with Crippen LogP contribution in [-0.2, 0) is 14.8 Å². The average molecular weight is 350 g/mol. The molecule has 0 bridgehead atoms. The molecule has 2 aliphatic rings. The van der Waals surface area contributed by atoms with Crippen molar-refractivity contribution in [3.63, 3.8) is 0 Å². The standard InChI is InChI=1S/C17H22N2O4S/c1-12-11-24(22,23)19(17(12)21)15-9-7-13(8-10-15)16(20)18-14-5-3-2-4-6-14/h7-10,12,14H,2-6,11H2,1H3,(H,18,20)/t12-/m0/s1. The predicted octanol–water partition coefficient (Wildman–Crippen LogP) is 2.06. The first-order chi connectivity index (χ1) is 11.4. The van der Waals surface area contributed by atoms with E-state index in [1.807, 2.05) is 0 Å². The number of nitrogens with zero attached hydrogens (tertiary/aromatic N) is 1. The van der Waals surface area contributed by atoms with Gasteiger partial charge in [-0.1, -0.05) is 26.2 Å². The lowest BCUT2D eigenvalue weighted by molar-refractivity contribution is -0.119. The van der Waals surface area contributed by atoms with Crippen molar-refractivity contribution >= 4 is 27.5 Å². The van der Waals surface area contributed by atoms with Crippen molar-refractivity contribution in [2.24, 2.45) is 5.92 Å². The van der Waals surface area contributed by atoms with E-state index >= 15 is 0 Å². The number of nitrogens with one attached hydrogen (secondary N) is 1. The molecule has 130 valence electrons. The van der Waals surface area contributed by atoms with Crippen LogP contribution in [-0.4, -0.2) is 32.0 Å². The molecule has 7 heteroatoms. The summed E-state index contributed by atoms with van der Waals surface area (Å²) in [6, 6.07) is 6.39. The highest BCUT2D eigenvalue weighted by atomic mass is 32.2. The zero-order chi connectivity index (χ0) is 17.3. The van der Waals surface area contributed by atoms with Gasteiger partial charge in [0.15, 0.2) is 0 Å². The molecule has 2 amide bonds. The molecule has 1 aromatic rings. The molecule has 1 aliphatic carbocycles. The number of hydrogen-bond donors (Lipinski definition) is 1. The SMILES string of the molecule is C[C@H]1CS(=O)(=O)N(c2ccc(C(=O)NC3CCCCC3)cc2)C1=O. The highest BCUT2D eigenvalue weighted by Gasteiger charge is 2.41. The Bertz CT molecular complexity index is 736. The van der Waals surface area contributed by atoms with E-state index < -0.39 is 21.8 Å². The van der Waals surface area contributed by atoms with Crippen LogP contribution in [0.4, 0.5) is 5.69 Å². The summed E-state index contributed by atoms with van der Waals surface area (Å²) < 4.78 is 25.0. The third kappa shape index (κ3) is 3.31. The molecule has 0 radical (unpaired) electrons. The fourth-order valence-corrected chi connectivity index (χ4v) is 5.17. The molecule has 0 unspecified atom stereocenters. The molecule has 1 N–H and O–H groups in total. The van der Waals surface area contributed by atoms with Crippen LogP contribution in [0.2, 0.25) is 0 Å². The molecule has 1 aromatic carbocycles. The monoisotopic (exact) mass is 350 g/mol. The molecule has 1 saturated carbocycles. The van der Waals surface area contributed by atoms with Gasteiger partial charge in [0.2, 0.25) is 15.9 Å². The van der Waals surface area contributed by atoms with E-state index in [1.165, 1.54) is 18.6 Å². The fourth-order valence-electron chi connectivity index (χ4n) is 3.35. The number of hydrogen-bond acceptors (Lipinski definition) is 4. The van der Waals surface area contributed by atoms with Gasteiger partial charge < -0.3 is 5.32 Å². The lowest BCUT2D eigenvalue weighted by Crippen LogP contribution is -2.36. The lowest BCUT2D eigenvalue weighted by Gasteiger charge is -2.23. The maximum Gasteiger partial charge on any atom is 0.251 e. The molecule has 1 atom stereocenters. The van der Waals surface area contributed by atoms with Crippen LogP contribution in [0.5, 0.6) is 0 Å². The summed E-state index contributed by atoms with van der Waals surface area (Å²) >= 11 is 0. The molecule has 6 nitrogen and oxygen atoms in total. The molecule has 24 heavy (non-hydrogen) atoms. The van der Waals surface area contributed by atoms with Crippen LogP contribution in [0, 0.1) is 5.92 Å². The van der Waals surface area contributed by atoms with Gasteiger partial charge in [-0.2, -0.15) is 0 Å². The van der Waals surface area contributed by atoms with Crippen LogP contribution < -0.4 is 9.62 Å². The van der Waals surface area contributed by atoms with Crippen molar-refractivity contribution < 1.29 is 18.0 Å². The Morgan fingerprint density at radius 2 is 1.75 bits per heavy atom. The molecule has 2 fully saturated rings. The second-order valence-electron chi connectivity index (χ2n) is 6.64. The number of amides is 2. The Labute approximate surface area is 142 Å². The molecule has 1 saturated heterocycles. The van der Waals surface area contributed by atoms with Gasteiger partial charge in [-0.05, 0) is 37.1 Å². The minimum absolute atomic E-state index is 0.155. The predicted molar refractivity (Wildman–Crippen MR) is 91.2 cm³/mol. The summed E-state index contributed by atoms with van der Waals surface area (Å²) in [4.78, 5) is 24.3. The van der Waals surface area contributed by atoms with Crippen LogP contribution in [0.3, 0.4) is 0 Å². The van der Waals surface area contributed by atoms with E-state index in [4.69, 9.17) is 0 Å². The van der Waals surface area contributed by atoms with Crippen molar-refractivity contribution in [3.05, 3.63) is 29.8 Å². The summed E-state index contributed by atoms with van der Waals surface area (Å²) in [6.07, 6.45) is 5.50. The Balaban J connectivity index is 1.73. The largest absolute Gasteiger partial charge is 0.349 e. The first-order valence-corrected chi connectivity index (χ1v) is 9.97. The van der Waals surface area contributed by atoms with Gasteiger partial charge in [-0.3, -0.25) is 9.59 Å². The van der Waals surface area contributed by atoms with Gasteiger partial charge in [0, 0.05) is 11.6 Å². The van der Waals surface area contributed by atoms with E-state index in [2.05, 4.69) is 5.32 Å². The molecule has 3 rings (SSSR count). The van der Waals surface area contributed by atoms with Crippen molar-refractivity contribution in [1.82, 2.24) is 5.32 Å². The van der Waals surface area contributed by atoms with Crippen molar-refractivity contribution in [1.29, 1.82) is 0 Å². The van der Waals surface area contributed by atoms with E-state index in [0.29, 0.717) is 11.3 Å². The van der Waals surface area contributed by atoms with Crippen molar-refractivity contribution in [3.8, 4) is 0 Å². The Kier molecular flexibility index (Phi) is 4.62. The summed E-state index contributed by atoms with van der Waals surface area (Å²) in [5, 5.41) is 3.02. The average Bonchev–Trinajstić information content (AvgIpc) is 2.76. The third-order valence-corrected chi connectivity index (χ3v) is 6.53. The van der Waals surface area contributed by atoms with Gasteiger partial charge in [0.25, 0.3) is 5.91 Å². The smallest absolute Gasteiger partial charge is 0.251 e. The van der Waals surface area contributed by atoms with Crippen molar-refractivity contribution in [2.45, 2.75) is 45.1 Å². The summed E-state index contributed by atoms with van der Waals surface area (Å²) in [5.74, 6) is -1.29. The van der Waals surface area contributed by atoms with Gasteiger partial charge in [0.1, 0.15) is 0 Å². The lowest BCUT2D eigenvalue weighted by atomic mass is 9.95. The summed E-state index contributed by atoms with van der Waals surface area (Å²) in [7, 11) is -3.61. The minimum atomic E-state index is -3.61. The van der Waals surface area contributed by atoms with Crippen molar-refractivity contribution in [2.75, 3.05) is 10.1 Å². The normalized spacial score (nSPS) is 24.1. The van der Waals surface area contributed by atoms with Gasteiger partial charge in [0.05, 0.1) is 17.4 Å². The highest BCUT2D eigenvalue weighted by molar-refractivity contribution is 7.94. The molecule has 1 heterocycles. The van der Waals surface area contributed by atoms with Crippen LogP contribution in [0.1, 0.15) is 49.4 Å². The van der Waals surface area contributed by atoms with E-state index in [-0.39, 0.29) is 17.7 Å². The van der Waals surface area contributed by atoms with Gasteiger partial charge in [-0.25, -0.2) is 12.7 Å². The zero-order valence-electron chi connectivity index (χ0n) is 13.7. The van der Waals surface area contributed by atoms with Gasteiger partial charge in [-0.15, -0.1) is 0 Å². The molecule has 0 aromatic heterocycles. The minimum Gasteiger partial charge on any atom is -0.349 e. The number of benzene rings is 1. The fraction of sp³-hybridized carbons (Fsp3) is 0.529. The van der Waals surface area contributed by atoms with E-state index in [9.17, 15) is 18.0 Å². The van der Waals surface area contributed by atoms with Gasteiger partial charge >= 0.3 is 0 Å². The maximum absolute atomic E-state index is 12.3. The second kappa shape index (κ2) is 6.55. The van der Waals surface area contributed by atoms with Crippen LogP contribution in [0.15, 0.2) is 24.3 Å². The topological polar surface area (TPSA) is 83.6 Å². The Morgan fingerprint density at radius 3 is 2.29 bits per heavy atom. The number of carbonyl (C=O) groups excluding carboxylic acids is 2. The Hall–Kier alpha value is -1.89. The molecular formula is C17H22N2O4S. The number of anilines is 1. The number of rotatable bonds is 3. The summed E-state index contributed by atoms with van der Waals surface area (Å²) in [5.41, 5.74) is 0.764. The molecule has 0 spiro atoms. The quantitative estimate of drug-likeness (QED) is 0.904. The van der Waals surface area contributed by atoms with E-state index in [1.54, 1.807) is 19.1 Å². The maximum atomic E-state index is 12.3. The zero-order valence-corrected chi connectivity index (χ0v) is 14.5. The molecular weight excluding hydrogens is 328 g/mol. The van der Waals surface area contributed by atoms with E-state index in [0.717, 1.165) is 30.0 Å². The summed E-state index contributed by atoms with van der Waals surface area (Å²) in [6.45, 7) is 1.60. The number of sulfonamides is 1. The first kappa shape index (κ1) is 17.0. The van der Waals surface area contributed by atoms with Crippen LogP contribution >= 0.6 is 0 Å². The third-order valence-electron chi connectivity index (χ3n) is 4.66.